The summed E-state index contributed by atoms with van der Waals surface area (Å²) < 4.78 is 9.77. The number of rotatable bonds is 8. The lowest BCUT2D eigenvalue weighted by atomic mass is 9.97. The molecular formula is C14H21NO5. The van der Waals surface area contributed by atoms with Gasteiger partial charge in [0, 0.05) is 6.54 Å². The molecule has 1 atom stereocenters. The zero-order valence-corrected chi connectivity index (χ0v) is 12.0. The van der Waals surface area contributed by atoms with E-state index in [1.54, 1.807) is 6.07 Å². The quantitative estimate of drug-likeness (QED) is 0.708. The van der Waals surface area contributed by atoms with Crippen LogP contribution in [-0.2, 0) is 16.1 Å². The SMILES string of the molecule is COC(=O)c1coc(CNCC(CC(C)C)C(=O)O)c1. The highest BCUT2D eigenvalue weighted by Gasteiger charge is 2.18. The van der Waals surface area contributed by atoms with E-state index >= 15 is 0 Å². The van der Waals surface area contributed by atoms with E-state index in [1.807, 2.05) is 13.8 Å². The largest absolute Gasteiger partial charge is 0.481 e. The van der Waals surface area contributed by atoms with Crippen LogP contribution in [0.15, 0.2) is 16.7 Å². The molecule has 20 heavy (non-hydrogen) atoms. The number of carbonyl (C=O) groups is 2. The summed E-state index contributed by atoms with van der Waals surface area (Å²) in [6, 6.07) is 1.58. The zero-order valence-electron chi connectivity index (χ0n) is 12.0. The molecular weight excluding hydrogens is 262 g/mol. The molecule has 1 rings (SSSR count). The molecule has 1 heterocycles. The van der Waals surface area contributed by atoms with E-state index in [4.69, 9.17) is 9.52 Å². The molecule has 0 amide bonds. The Morgan fingerprint density at radius 3 is 2.70 bits per heavy atom. The molecule has 0 saturated heterocycles. The van der Waals surface area contributed by atoms with Crippen LogP contribution in [0.25, 0.3) is 0 Å². The molecule has 0 spiro atoms. The molecule has 0 fully saturated rings. The summed E-state index contributed by atoms with van der Waals surface area (Å²) in [5.41, 5.74) is 0.348. The van der Waals surface area contributed by atoms with Crippen LogP contribution in [0.3, 0.4) is 0 Å². The molecule has 1 aromatic heterocycles. The molecule has 0 bridgehead atoms. The van der Waals surface area contributed by atoms with Gasteiger partial charge in [-0.05, 0) is 18.4 Å². The number of nitrogens with one attached hydrogen (secondary N) is 1. The highest BCUT2D eigenvalue weighted by atomic mass is 16.5. The van der Waals surface area contributed by atoms with Crippen LogP contribution >= 0.6 is 0 Å². The molecule has 0 saturated carbocycles. The number of hydrogen-bond donors (Lipinski definition) is 2. The Kier molecular flexibility index (Phi) is 6.24. The number of esters is 1. The maximum absolute atomic E-state index is 11.2. The van der Waals surface area contributed by atoms with Crippen LogP contribution in [-0.4, -0.2) is 30.7 Å². The Balaban J connectivity index is 2.44. The first-order valence-corrected chi connectivity index (χ1v) is 6.53. The van der Waals surface area contributed by atoms with Gasteiger partial charge in [-0.25, -0.2) is 4.79 Å². The van der Waals surface area contributed by atoms with E-state index in [2.05, 4.69) is 10.1 Å². The second kappa shape index (κ2) is 7.69. The van der Waals surface area contributed by atoms with Gasteiger partial charge in [0.2, 0.25) is 0 Å². The average Bonchev–Trinajstić information content (AvgIpc) is 2.84. The maximum Gasteiger partial charge on any atom is 0.341 e. The minimum atomic E-state index is -0.805. The maximum atomic E-state index is 11.2. The average molecular weight is 283 g/mol. The van der Waals surface area contributed by atoms with E-state index in [9.17, 15) is 9.59 Å². The normalized spacial score (nSPS) is 12.4. The molecule has 1 unspecified atom stereocenters. The molecule has 6 heteroatoms. The summed E-state index contributed by atoms with van der Waals surface area (Å²) in [6.45, 7) is 4.72. The first kappa shape index (κ1) is 16.2. The Morgan fingerprint density at radius 2 is 2.15 bits per heavy atom. The Hall–Kier alpha value is -1.82. The van der Waals surface area contributed by atoms with Crippen molar-refractivity contribution in [2.45, 2.75) is 26.8 Å². The second-order valence-electron chi connectivity index (χ2n) is 5.09. The molecule has 0 aliphatic rings. The van der Waals surface area contributed by atoms with E-state index in [0.29, 0.717) is 36.8 Å². The summed E-state index contributed by atoms with van der Waals surface area (Å²) in [4.78, 5) is 22.3. The third-order valence-corrected chi connectivity index (χ3v) is 2.87. The van der Waals surface area contributed by atoms with Crippen molar-refractivity contribution < 1.29 is 23.8 Å². The van der Waals surface area contributed by atoms with Crippen LogP contribution < -0.4 is 5.32 Å². The van der Waals surface area contributed by atoms with Crippen molar-refractivity contribution >= 4 is 11.9 Å². The first-order chi connectivity index (χ1) is 9.43. The zero-order chi connectivity index (χ0) is 15.1. The van der Waals surface area contributed by atoms with Crippen LogP contribution in [0.5, 0.6) is 0 Å². The van der Waals surface area contributed by atoms with Crippen LogP contribution in [0.1, 0.15) is 36.4 Å². The fourth-order valence-electron chi connectivity index (χ4n) is 1.91. The van der Waals surface area contributed by atoms with Crippen molar-refractivity contribution in [3.8, 4) is 0 Å². The fraction of sp³-hybridized carbons (Fsp3) is 0.571. The first-order valence-electron chi connectivity index (χ1n) is 6.53. The van der Waals surface area contributed by atoms with E-state index < -0.39 is 17.9 Å². The van der Waals surface area contributed by atoms with Gasteiger partial charge in [0.25, 0.3) is 0 Å². The van der Waals surface area contributed by atoms with E-state index in [-0.39, 0.29) is 0 Å². The van der Waals surface area contributed by atoms with Crippen molar-refractivity contribution in [3.63, 3.8) is 0 Å². The number of carbonyl (C=O) groups excluding carboxylic acids is 1. The van der Waals surface area contributed by atoms with Crippen molar-refractivity contribution in [3.05, 3.63) is 23.7 Å². The number of ether oxygens (including phenoxy) is 1. The number of aliphatic carboxylic acids is 1. The summed E-state index contributed by atoms with van der Waals surface area (Å²) in [5.74, 6) is -0.791. The molecule has 6 nitrogen and oxygen atoms in total. The summed E-state index contributed by atoms with van der Waals surface area (Å²) in [6.07, 6.45) is 1.94. The van der Waals surface area contributed by atoms with Gasteiger partial charge in [0.15, 0.2) is 0 Å². The van der Waals surface area contributed by atoms with Gasteiger partial charge >= 0.3 is 11.9 Å². The van der Waals surface area contributed by atoms with Crippen LogP contribution in [0.4, 0.5) is 0 Å². The Labute approximate surface area is 118 Å². The summed E-state index contributed by atoms with van der Waals surface area (Å²) in [5, 5.41) is 12.1. The van der Waals surface area contributed by atoms with Gasteiger partial charge in [0.05, 0.1) is 25.1 Å². The fourth-order valence-corrected chi connectivity index (χ4v) is 1.91. The Bertz CT molecular complexity index is 452. The van der Waals surface area contributed by atoms with Gasteiger partial charge in [-0.15, -0.1) is 0 Å². The number of carboxylic acid groups (broad SMARTS) is 1. The lowest BCUT2D eigenvalue weighted by Gasteiger charge is -2.14. The number of carboxylic acids is 1. The number of methoxy groups -OCH3 is 1. The van der Waals surface area contributed by atoms with Crippen LogP contribution in [0.2, 0.25) is 0 Å². The predicted octanol–water partition coefficient (Wildman–Crippen LogP) is 1.90. The smallest absolute Gasteiger partial charge is 0.341 e. The van der Waals surface area contributed by atoms with Crippen molar-refractivity contribution in [1.29, 1.82) is 0 Å². The highest BCUT2D eigenvalue weighted by Crippen LogP contribution is 2.12. The summed E-state index contributed by atoms with van der Waals surface area (Å²) >= 11 is 0. The molecule has 0 aromatic carbocycles. The summed E-state index contributed by atoms with van der Waals surface area (Å²) in [7, 11) is 1.30. The minimum Gasteiger partial charge on any atom is -0.481 e. The van der Waals surface area contributed by atoms with E-state index in [1.165, 1.54) is 13.4 Å². The Morgan fingerprint density at radius 1 is 1.45 bits per heavy atom. The second-order valence-corrected chi connectivity index (χ2v) is 5.09. The molecule has 1 aromatic rings. The lowest BCUT2D eigenvalue weighted by molar-refractivity contribution is -0.142. The molecule has 0 aliphatic heterocycles. The van der Waals surface area contributed by atoms with Gasteiger partial charge < -0.3 is 19.6 Å². The molecule has 2 N–H and O–H groups in total. The topological polar surface area (TPSA) is 88.8 Å². The standard InChI is InChI=1S/C14H21NO5/c1-9(2)4-10(13(16)17)6-15-7-12-5-11(8-20-12)14(18)19-3/h5,8-10,15H,4,6-7H2,1-3H3,(H,16,17). The highest BCUT2D eigenvalue weighted by molar-refractivity contribution is 5.88. The monoisotopic (exact) mass is 283 g/mol. The third-order valence-electron chi connectivity index (χ3n) is 2.87. The van der Waals surface area contributed by atoms with Gasteiger partial charge in [-0.3, -0.25) is 4.79 Å². The van der Waals surface area contributed by atoms with Gasteiger partial charge in [-0.2, -0.15) is 0 Å². The van der Waals surface area contributed by atoms with Crippen molar-refractivity contribution in [2.24, 2.45) is 11.8 Å². The van der Waals surface area contributed by atoms with Crippen molar-refractivity contribution in [2.75, 3.05) is 13.7 Å². The third kappa shape index (κ3) is 5.05. The molecule has 0 aliphatic carbocycles. The molecule has 0 radical (unpaired) electrons. The number of hydrogen-bond acceptors (Lipinski definition) is 5. The number of furan rings is 1. The van der Waals surface area contributed by atoms with E-state index in [0.717, 1.165) is 0 Å². The van der Waals surface area contributed by atoms with Gasteiger partial charge in [0.1, 0.15) is 12.0 Å². The lowest BCUT2D eigenvalue weighted by Crippen LogP contribution is -2.29. The predicted molar refractivity (Wildman–Crippen MR) is 72.3 cm³/mol. The minimum absolute atomic E-state index is 0.326. The van der Waals surface area contributed by atoms with Gasteiger partial charge in [-0.1, -0.05) is 13.8 Å². The van der Waals surface area contributed by atoms with Crippen molar-refractivity contribution in [1.82, 2.24) is 5.32 Å². The molecule has 112 valence electrons. The van der Waals surface area contributed by atoms with Crippen LogP contribution in [0, 0.1) is 11.8 Å².